The Morgan fingerprint density at radius 1 is 1.06 bits per heavy atom. The first-order valence-corrected chi connectivity index (χ1v) is 13.9. The summed E-state index contributed by atoms with van der Waals surface area (Å²) in [6.45, 7) is 2.06. The molecule has 0 spiro atoms. The SMILES string of the molecule is O=S(=O)(c1cccs1)n1ccc2cc(Nc3ncnc4cc(C#CN5CCCC5)sc34)ccc21. The van der Waals surface area contributed by atoms with Crippen LogP contribution in [0.3, 0.4) is 0 Å². The Morgan fingerprint density at radius 2 is 1.94 bits per heavy atom. The van der Waals surface area contributed by atoms with E-state index in [1.165, 1.54) is 34.5 Å². The average Bonchev–Trinajstić information content (AvgIpc) is 3.64. The normalized spacial score (nSPS) is 13.9. The van der Waals surface area contributed by atoms with Crippen molar-refractivity contribution < 1.29 is 8.42 Å². The van der Waals surface area contributed by atoms with E-state index in [-0.39, 0.29) is 0 Å². The van der Waals surface area contributed by atoms with Crippen molar-refractivity contribution in [1.82, 2.24) is 18.8 Å². The zero-order valence-corrected chi connectivity index (χ0v) is 20.4. The predicted octanol–water partition coefficient (Wildman–Crippen LogP) is 5.09. The second-order valence-electron chi connectivity index (χ2n) is 7.93. The van der Waals surface area contributed by atoms with Crippen molar-refractivity contribution in [2.45, 2.75) is 17.1 Å². The van der Waals surface area contributed by atoms with E-state index in [1.54, 1.807) is 41.1 Å². The van der Waals surface area contributed by atoms with Crippen LogP contribution >= 0.6 is 22.7 Å². The zero-order chi connectivity index (χ0) is 23.1. The number of aromatic nitrogens is 3. The minimum Gasteiger partial charge on any atom is -0.339 e. The molecule has 0 amide bonds. The van der Waals surface area contributed by atoms with Gasteiger partial charge in [-0.2, -0.15) is 8.42 Å². The number of fused-ring (bicyclic) bond motifs is 2. The molecule has 0 radical (unpaired) electrons. The molecule has 1 fully saturated rings. The summed E-state index contributed by atoms with van der Waals surface area (Å²) >= 11 is 2.77. The van der Waals surface area contributed by atoms with E-state index < -0.39 is 10.0 Å². The van der Waals surface area contributed by atoms with Gasteiger partial charge < -0.3 is 10.2 Å². The lowest BCUT2D eigenvalue weighted by atomic mass is 10.2. The van der Waals surface area contributed by atoms with E-state index in [0.717, 1.165) is 39.3 Å². The van der Waals surface area contributed by atoms with Gasteiger partial charge in [-0.05, 0) is 60.5 Å². The molecule has 1 aliphatic rings. The summed E-state index contributed by atoms with van der Waals surface area (Å²) in [6, 6.07) is 16.0. The van der Waals surface area contributed by atoms with Crippen LogP contribution in [0.15, 0.2) is 64.6 Å². The van der Waals surface area contributed by atoms with E-state index in [2.05, 4.69) is 32.1 Å². The van der Waals surface area contributed by atoms with Crippen LogP contribution in [-0.2, 0) is 10.0 Å². The summed E-state index contributed by atoms with van der Waals surface area (Å²) < 4.78 is 28.5. The van der Waals surface area contributed by atoms with Crippen LogP contribution in [-0.4, -0.2) is 40.3 Å². The fourth-order valence-electron chi connectivity index (χ4n) is 4.02. The average molecular weight is 506 g/mol. The van der Waals surface area contributed by atoms with Gasteiger partial charge in [-0.15, -0.1) is 22.7 Å². The number of nitrogens with zero attached hydrogens (tertiary/aromatic N) is 4. The third-order valence-electron chi connectivity index (χ3n) is 5.68. The Morgan fingerprint density at radius 3 is 2.76 bits per heavy atom. The minimum atomic E-state index is -3.61. The molecule has 1 aliphatic heterocycles. The summed E-state index contributed by atoms with van der Waals surface area (Å²) in [5.41, 5.74) is 2.29. The molecule has 0 aliphatic carbocycles. The van der Waals surface area contributed by atoms with Gasteiger partial charge in [0.05, 0.1) is 20.6 Å². The third kappa shape index (κ3) is 3.81. The lowest BCUT2D eigenvalue weighted by Crippen LogP contribution is -2.10. The molecule has 7 nitrogen and oxygen atoms in total. The Labute approximate surface area is 204 Å². The number of likely N-dealkylation sites (tertiary alicyclic amines) is 1. The van der Waals surface area contributed by atoms with Gasteiger partial charge in [-0.25, -0.2) is 13.9 Å². The van der Waals surface area contributed by atoms with Crippen LogP contribution < -0.4 is 5.32 Å². The molecule has 1 aromatic carbocycles. The Hall–Kier alpha value is -3.39. The van der Waals surface area contributed by atoms with Crippen molar-refractivity contribution in [3.63, 3.8) is 0 Å². The number of rotatable bonds is 4. The fourth-order valence-corrected chi connectivity index (χ4v) is 7.35. The van der Waals surface area contributed by atoms with E-state index in [9.17, 15) is 8.42 Å². The van der Waals surface area contributed by atoms with Crippen LogP contribution in [0, 0.1) is 12.0 Å². The van der Waals surface area contributed by atoms with Gasteiger partial charge in [0.1, 0.15) is 10.5 Å². The van der Waals surface area contributed by atoms with Crippen molar-refractivity contribution in [2.75, 3.05) is 18.4 Å². The molecule has 0 atom stereocenters. The number of anilines is 2. The Balaban J connectivity index is 1.31. The van der Waals surface area contributed by atoms with Gasteiger partial charge in [0.15, 0.2) is 5.82 Å². The maximum Gasteiger partial charge on any atom is 0.277 e. The summed E-state index contributed by atoms with van der Waals surface area (Å²) in [4.78, 5) is 12.0. The van der Waals surface area contributed by atoms with E-state index in [4.69, 9.17) is 0 Å². The molecule has 6 rings (SSSR count). The molecular formula is C24H19N5O2S3. The molecular weight excluding hydrogens is 486 g/mol. The van der Waals surface area contributed by atoms with Crippen molar-refractivity contribution in [3.05, 3.63) is 65.2 Å². The van der Waals surface area contributed by atoms with Gasteiger partial charge in [-0.3, -0.25) is 0 Å². The highest BCUT2D eigenvalue weighted by Gasteiger charge is 2.20. The first-order chi connectivity index (χ1) is 16.6. The number of thiophene rings is 2. The molecule has 10 heteroatoms. The highest BCUT2D eigenvalue weighted by atomic mass is 32.2. The molecule has 0 bridgehead atoms. The molecule has 1 N–H and O–H groups in total. The topological polar surface area (TPSA) is 80.1 Å². The lowest BCUT2D eigenvalue weighted by molar-refractivity contribution is 0.496. The molecule has 0 unspecified atom stereocenters. The van der Waals surface area contributed by atoms with Gasteiger partial charge in [0.25, 0.3) is 10.0 Å². The summed E-state index contributed by atoms with van der Waals surface area (Å²) in [5.74, 6) is 3.96. The molecule has 4 aromatic heterocycles. The Bertz CT molecular complexity index is 1670. The highest BCUT2D eigenvalue weighted by Crippen LogP contribution is 2.32. The van der Waals surface area contributed by atoms with Crippen molar-refractivity contribution >= 4 is 65.3 Å². The molecule has 5 heterocycles. The van der Waals surface area contributed by atoms with Crippen molar-refractivity contribution in [1.29, 1.82) is 0 Å². The highest BCUT2D eigenvalue weighted by molar-refractivity contribution is 7.92. The largest absolute Gasteiger partial charge is 0.339 e. The van der Waals surface area contributed by atoms with Gasteiger partial charge in [0.2, 0.25) is 0 Å². The fraction of sp³-hybridized carbons (Fsp3) is 0.167. The van der Waals surface area contributed by atoms with Crippen LogP contribution in [0.4, 0.5) is 11.5 Å². The molecule has 0 saturated carbocycles. The number of benzene rings is 1. The quantitative estimate of drug-likeness (QED) is 0.343. The summed E-state index contributed by atoms with van der Waals surface area (Å²) in [7, 11) is -3.61. The van der Waals surface area contributed by atoms with Crippen LogP contribution in [0.2, 0.25) is 0 Å². The minimum absolute atomic E-state index is 0.317. The molecule has 5 aromatic rings. The number of hydrogen-bond donors (Lipinski definition) is 1. The lowest BCUT2D eigenvalue weighted by Gasteiger charge is -2.08. The number of hydrogen-bond acceptors (Lipinski definition) is 8. The Kier molecular flexibility index (Phi) is 5.25. The first kappa shape index (κ1) is 21.2. The molecule has 170 valence electrons. The van der Waals surface area contributed by atoms with Crippen molar-refractivity contribution in [2.24, 2.45) is 0 Å². The zero-order valence-electron chi connectivity index (χ0n) is 17.9. The second-order valence-corrected chi connectivity index (χ2v) is 12.0. The first-order valence-electron chi connectivity index (χ1n) is 10.8. The maximum atomic E-state index is 13.0. The molecule has 1 saturated heterocycles. The van der Waals surface area contributed by atoms with E-state index in [0.29, 0.717) is 15.5 Å². The van der Waals surface area contributed by atoms with Crippen molar-refractivity contribution in [3.8, 4) is 12.0 Å². The monoisotopic (exact) mass is 505 g/mol. The van der Waals surface area contributed by atoms with Crippen LogP contribution in [0.5, 0.6) is 0 Å². The molecule has 34 heavy (non-hydrogen) atoms. The predicted molar refractivity (Wildman–Crippen MR) is 137 cm³/mol. The maximum absolute atomic E-state index is 13.0. The summed E-state index contributed by atoms with van der Waals surface area (Å²) in [5, 5.41) is 5.95. The van der Waals surface area contributed by atoms with E-state index >= 15 is 0 Å². The standard InChI is InChI=1S/C24H19N5O2S3/c30-34(31,22-4-3-13-32-22)29-12-7-17-14-18(5-6-21(17)29)27-24-23-20(25-16-26-24)15-19(33-23)8-11-28-9-1-2-10-28/h3-7,12-16H,1-2,9-10H2,(H,25,26,27). The third-order valence-corrected chi connectivity index (χ3v) is 9.79. The van der Waals surface area contributed by atoms with Gasteiger partial charge in [-0.1, -0.05) is 6.07 Å². The van der Waals surface area contributed by atoms with Gasteiger partial charge in [0, 0.05) is 36.4 Å². The number of nitrogens with one attached hydrogen (secondary N) is 1. The van der Waals surface area contributed by atoms with Crippen LogP contribution in [0.1, 0.15) is 17.7 Å². The van der Waals surface area contributed by atoms with Gasteiger partial charge >= 0.3 is 0 Å². The summed E-state index contributed by atoms with van der Waals surface area (Å²) in [6.07, 6.45) is 5.54. The second kappa shape index (κ2) is 8.43. The smallest absolute Gasteiger partial charge is 0.277 e. The van der Waals surface area contributed by atoms with Crippen LogP contribution in [0.25, 0.3) is 21.1 Å². The van der Waals surface area contributed by atoms with E-state index in [1.807, 2.05) is 24.3 Å².